The minimum atomic E-state index is -1.25. The van der Waals surface area contributed by atoms with Gasteiger partial charge in [-0.1, -0.05) is 91.0 Å². The quantitative estimate of drug-likeness (QED) is 0.181. The van der Waals surface area contributed by atoms with E-state index < -0.39 is 54.0 Å². The third-order valence-corrected chi connectivity index (χ3v) is 7.13. The van der Waals surface area contributed by atoms with E-state index in [0.29, 0.717) is 0 Å². The zero-order chi connectivity index (χ0) is 31.0. The fourth-order valence-corrected chi connectivity index (χ4v) is 5.54. The van der Waals surface area contributed by atoms with E-state index in [-0.39, 0.29) is 18.8 Å². The van der Waals surface area contributed by atoms with Crippen molar-refractivity contribution in [2.24, 2.45) is 0 Å². The SMILES string of the molecule is CC(=O)CC1OC(COC(c2ccccc2)(c2ccccc2)c2ccccc2)C(OC(C)=O)C(OC(C)=O)C1OC(C)=O. The zero-order valence-electron chi connectivity index (χ0n) is 24.6. The summed E-state index contributed by atoms with van der Waals surface area (Å²) in [6, 6.07) is 29.0. The van der Waals surface area contributed by atoms with Crippen LogP contribution in [-0.4, -0.2) is 60.8 Å². The molecule has 5 atom stereocenters. The van der Waals surface area contributed by atoms with Gasteiger partial charge in [-0.3, -0.25) is 19.2 Å². The Kier molecular flexibility index (Phi) is 10.4. The number of ketones is 1. The monoisotopic (exact) mass is 588 g/mol. The van der Waals surface area contributed by atoms with Crippen molar-refractivity contribution in [3.8, 4) is 0 Å². The first kappa shape index (κ1) is 31.6. The maximum atomic E-state index is 12.3. The molecule has 3 aromatic rings. The van der Waals surface area contributed by atoms with E-state index in [1.54, 1.807) is 0 Å². The molecule has 0 aliphatic carbocycles. The lowest BCUT2D eigenvalue weighted by Crippen LogP contribution is -2.62. The number of rotatable bonds is 11. The molecule has 226 valence electrons. The van der Waals surface area contributed by atoms with Gasteiger partial charge in [0.05, 0.1) is 6.61 Å². The maximum absolute atomic E-state index is 12.3. The smallest absolute Gasteiger partial charge is 0.303 e. The van der Waals surface area contributed by atoms with Crippen LogP contribution in [0.1, 0.15) is 50.8 Å². The molecule has 5 unspecified atom stereocenters. The van der Waals surface area contributed by atoms with Gasteiger partial charge in [-0.25, -0.2) is 0 Å². The Morgan fingerprint density at radius 2 is 0.953 bits per heavy atom. The van der Waals surface area contributed by atoms with Crippen LogP contribution in [0.3, 0.4) is 0 Å². The van der Waals surface area contributed by atoms with E-state index in [1.807, 2.05) is 91.0 Å². The molecule has 0 amide bonds. The molecule has 0 radical (unpaired) electrons. The Hall–Kier alpha value is -4.34. The number of ether oxygens (including phenoxy) is 5. The first-order valence-electron chi connectivity index (χ1n) is 14.1. The van der Waals surface area contributed by atoms with E-state index in [9.17, 15) is 19.2 Å². The number of Topliss-reactive ketones (excluding diaryl/α,β-unsaturated/α-hetero) is 1. The maximum Gasteiger partial charge on any atom is 0.303 e. The minimum absolute atomic E-state index is 0.139. The predicted molar refractivity (Wildman–Crippen MR) is 156 cm³/mol. The molecule has 43 heavy (non-hydrogen) atoms. The number of carbonyl (C=O) groups excluding carboxylic acids is 4. The molecule has 1 aliphatic heterocycles. The lowest BCUT2D eigenvalue weighted by molar-refractivity contribution is -0.256. The standard InChI is InChI=1S/C34H36O9/c1-22(35)20-29-31(40-23(2)36)33(42-25(4)38)32(41-24(3)37)30(43-29)21-39-34(26-14-8-5-9-15-26,27-16-10-6-11-17-27)28-18-12-7-13-19-28/h5-19,29-33H,20-21H2,1-4H3. The summed E-state index contributed by atoms with van der Waals surface area (Å²) < 4.78 is 30.0. The van der Waals surface area contributed by atoms with Crippen LogP contribution in [0, 0.1) is 0 Å². The molecule has 1 heterocycles. The van der Waals surface area contributed by atoms with E-state index in [1.165, 1.54) is 27.7 Å². The third kappa shape index (κ3) is 7.55. The molecule has 3 aromatic carbocycles. The van der Waals surface area contributed by atoms with E-state index in [2.05, 4.69) is 0 Å². The molecule has 0 N–H and O–H groups in total. The summed E-state index contributed by atoms with van der Waals surface area (Å²) >= 11 is 0. The van der Waals surface area contributed by atoms with Crippen LogP contribution < -0.4 is 0 Å². The van der Waals surface area contributed by atoms with Crippen molar-refractivity contribution in [3.05, 3.63) is 108 Å². The molecule has 9 nitrogen and oxygen atoms in total. The summed E-state index contributed by atoms with van der Waals surface area (Å²) in [5, 5.41) is 0. The van der Waals surface area contributed by atoms with Gasteiger partial charge < -0.3 is 23.7 Å². The van der Waals surface area contributed by atoms with Crippen molar-refractivity contribution in [2.45, 2.75) is 70.2 Å². The highest BCUT2D eigenvalue weighted by Gasteiger charge is 2.52. The predicted octanol–water partition coefficient (Wildman–Crippen LogP) is 4.54. The molecule has 0 saturated carbocycles. The normalized spacial score (nSPS) is 21.8. The second-order valence-electron chi connectivity index (χ2n) is 10.4. The fraction of sp³-hybridized carbons (Fsp3) is 0.353. The molecule has 0 bridgehead atoms. The van der Waals surface area contributed by atoms with Crippen molar-refractivity contribution in [1.82, 2.24) is 0 Å². The van der Waals surface area contributed by atoms with Crippen LogP contribution in [-0.2, 0) is 48.5 Å². The molecule has 1 saturated heterocycles. The fourth-order valence-electron chi connectivity index (χ4n) is 5.54. The summed E-state index contributed by atoms with van der Waals surface area (Å²) in [7, 11) is 0. The number of hydrogen-bond acceptors (Lipinski definition) is 9. The first-order chi connectivity index (χ1) is 20.6. The topological polar surface area (TPSA) is 114 Å². The molecular formula is C34H36O9. The number of benzene rings is 3. The summed E-state index contributed by atoms with van der Waals surface area (Å²) in [5.41, 5.74) is 1.37. The molecule has 4 rings (SSSR count). The van der Waals surface area contributed by atoms with E-state index in [0.717, 1.165) is 16.7 Å². The number of carbonyl (C=O) groups is 4. The van der Waals surface area contributed by atoms with Crippen molar-refractivity contribution in [3.63, 3.8) is 0 Å². The van der Waals surface area contributed by atoms with E-state index >= 15 is 0 Å². The van der Waals surface area contributed by atoms with Crippen LogP contribution in [0.5, 0.6) is 0 Å². The van der Waals surface area contributed by atoms with Crippen LogP contribution in [0.2, 0.25) is 0 Å². The van der Waals surface area contributed by atoms with Gasteiger partial charge in [0.25, 0.3) is 0 Å². The molecule has 1 aliphatic rings. The van der Waals surface area contributed by atoms with Crippen molar-refractivity contribution in [2.75, 3.05) is 6.61 Å². The van der Waals surface area contributed by atoms with E-state index in [4.69, 9.17) is 23.7 Å². The van der Waals surface area contributed by atoms with Gasteiger partial charge in [0.2, 0.25) is 0 Å². The first-order valence-corrected chi connectivity index (χ1v) is 14.1. The average Bonchev–Trinajstić information content (AvgIpc) is 2.97. The lowest BCUT2D eigenvalue weighted by atomic mass is 9.80. The highest BCUT2D eigenvalue weighted by Crippen LogP contribution is 2.41. The molecular weight excluding hydrogens is 552 g/mol. The van der Waals surface area contributed by atoms with Gasteiger partial charge in [-0.05, 0) is 23.6 Å². The highest BCUT2D eigenvalue weighted by molar-refractivity contribution is 5.76. The summed E-state index contributed by atoms with van der Waals surface area (Å²) in [5.74, 6) is -2.26. The number of esters is 3. The van der Waals surface area contributed by atoms with Crippen LogP contribution in [0.15, 0.2) is 91.0 Å². The van der Waals surface area contributed by atoms with Gasteiger partial charge in [0, 0.05) is 27.2 Å². The lowest BCUT2D eigenvalue weighted by Gasteiger charge is -2.45. The Bertz CT molecular complexity index is 1290. The summed E-state index contributed by atoms with van der Waals surface area (Å²) in [4.78, 5) is 48.9. The van der Waals surface area contributed by atoms with Gasteiger partial charge in [-0.15, -0.1) is 0 Å². The Morgan fingerprint density at radius 1 is 0.581 bits per heavy atom. The Balaban J connectivity index is 1.83. The van der Waals surface area contributed by atoms with Crippen LogP contribution >= 0.6 is 0 Å². The average molecular weight is 589 g/mol. The second-order valence-corrected chi connectivity index (χ2v) is 10.4. The van der Waals surface area contributed by atoms with Crippen LogP contribution in [0.25, 0.3) is 0 Å². The zero-order valence-corrected chi connectivity index (χ0v) is 24.6. The largest absolute Gasteiger partial charge is 0.456 e. The van der Waals surface area contributed by atoms with Crippen molar-refractivity contribution >= 4 is 23.7 Å². The third-order valence-electron chi connectivity index (χ3n) is 7.13. The molecule has 0 spiro atoms. The Morgan fingerprint density at radius 3 is 1.33 bits per heavy atom. The van der Waals surface area contributed by atoms with Gasteiger partial charge in [0.1, 0.15) is 23.6 Å². The second kappa shape index (κ2) is 14.2. The Labute approximate surface area is 251 Å². The van der Waals surface area contributed by atoms with Gasteiger partial charge >= 0.3 is 17.9 Å². The highest BCUT2D eigenvalue weighted by atomic mass is 16.7. The number of hydrogen-bond donors (Lipinski definition) is 0. The molecule has 9 heteroatoms. The molecule has 1 fully saturated rings. The van der Waals surface area contributed by atoms with Crippen molar-refractivity contribution < 1.29 is 42.9 Å². The minimum Gasteiger partial charge on any atom is -0.456 e. The van der Waals surface area contributed by atoms with Gasteiger partial charge in [-0.2, -0.15) is 0 Å². The molecule has 0 aromatic heterocycles. The van der Waals surface area contributed by atoms with Crippen molar-refractivity contribution in [1.29, 1.82) is 0 Å². The van der Waals surface area contributed by atoms with Crippen LogP contribution in [0.4, 0.5) is 0 Å². The summed E-state index contributed by atoms with van der Waals surface area (Å²) in [6.45, 7) is 4.83. The van der Waals surface area contributed by atoms with Gasteiger partial charge in [0.15, 0.2) is 18.3 Å². The summed E-state index contributed by atoms with van der Waals surface area (Å²) in [6.07, 6.45) is -5.82.